The van der Waals surface area contributed by atoms with Crippen LogP contribution in [0.15, 0.2) is 23.1 Å². The van der Waals surface area contributed by atoms with Crippen LogP contribution < -0.4 is 10.1 Å². The number of likely N-dealkylation sites (N-methyl/N-ethyl adjacent to an activating group) is 1. The SMILES string of the molecule is CCCCNC(=O)CN(CC)S(=O)(=O)c1cc(F)ccc1OC. The van der Waals surface area contributed by atoms with Gasteiger partial charge in [0.2, 0.25) is 15.9 Å². The molecule has 8 heteroatoms. The van der Waals surface area contributed by atoms with Gasteiger partial charge in [0.1, 0.15) is 16.5 Å². The number of rotatable bonds is 9. The lowest BCUT2D eigenvalue weighted by molar-refractivity contribution is -0.121. The average Bonchev–Trinajstić information content (AvgIpc) is 2.52. The Morgan fingerprint density at radius 1 is 1.35 bits per heavy atom. The molecule has 0 saturated heterocycles. The fourth-order valence-electron chi connectivity index (χ4n) is 1.98. The second-order valence-electron chi connectivity index (χ2n) is 4.93. The van der Waals surface area contributed by atoms with Crippen molar-refractivity contribution in [2.24, 2.45) is 0 Å². The molecule has 1 rings (SSSR count). The van der Waals surface area contributed by atoms with E-state index in [9.17, 15) is 17.6 Å². The highest BCUT2D eigenvalue weighted by Gasteiger charge is 2.28. The maximum absolute atomic E-state index is 13.4. The number of amides is 1. The van der Waals surface area contributed by atoms with Gasteiger partial charge in [-0.2, -0.15) is 4.31 Å². The van der Waals surface area contributed by atoms with Crippen molar-refractivity contribution in [2.45, 2.75) is 31.6 Å². The molecule has 23 heavy (non-hydrogen) atoms. The predicted molar refractivity (Wildman–Crippen MR) is 85.3 cm³/mol. The number of hydrogen-bond acceptors (Lipinski definition) is 4. The van der Waals surface area contributed by atoms with Crippen LogP contribution in [0.5, 0.6) is 5.75 Å². The zero-order chi connectivity index (χ0) is 17.5. The number of unbranched alkanes of at least 4 members (excludes halogenated alkanes) is 1. The highest BCUT2D eigenvalue weighted by Crippen LogP contribution is 2.27. The standard InChI is InChI=1S/C15H23FN2O4S/c1-4-6-9-17-15(19)11-18(5-2)23(20,21)14-10-12(16)7-8-13(14)22-3/h7-8,10H,4-6,9,11H2,1-3H3,(H,17,19). The Morgan fingerprint density at radius 2 is 2.04 bits per heavy atom. The van der Waals surface area contributed by atoms with Crippen LogP contribution in [0.3, 0.4) is 0 Å². The maximum atomic E-state index is 13.4. The van der Waals surface area contributed by atoms with Crippen molar-refractivity contribution in [3.8, 4) is 5.75 Å². The summed E-state index contributed by atoms with van der Waals surface area (Å²) < 4.78 is 44.7. The number of hydrogen-bond donors (Lipinski definition) is 1. The van der Waals surface area contributed by atoms with E-state index in [2.05, 4.69) is 5.32 Å². The minimum atomic E-state index is -4.03. The topological polar surface area (TPSA) is 75.7 Å². The van der Waals surface area contributed by atoms with Gasteiger partial charge < -0.3 is 10.1 Å². The first-order valence-electron chi connectivity index (χ1n) is 7.47. The Balaban J connectivity index is 2.99. The number of nitrogens with zero attached hydrogens (tertiary/aromatic N) is 1. The molecule has 0 radical (unpaired) electrons. The van der Waals surface area contributed by atoms with Crippen LogP contribution in [0.4, 0.5) is 4.39 Å². The number of ether oxygens (including phenoxy) is 1. The molecule has 0 saturated carbocycles. The number of carbonyl (C=O) groups is 1. The van der Waals surface area contributed by atoms with Crippen molar-refractivity contribution >= 4 is 15.9 Å². The summed E-state index contributed by atoms with van der Waals surface area (Å²) >= 11 is 0. The maximum Gasteiger partial charge on any atom is 0.247 e. The molecule has 1 aromatic carbocycles. The normalized spacial score (nSPS) is 11.5. The first-order chi connectivity index (χ1) is 10.9. The minimum Gasteiger partial charge on any atom is -0.495 e. The largest absolute Gasteiger partial charge is 0.495 e. The molecule has 130 valence electrons. The van der Waals surface area contributed by atoms with E-state index in [1.165, 1.54) is 13.2 Å². The second-order valence-corrected chi connectivity index (χ2v) is 6.84. The van der Waals surface area contributed by atoms with Crippen molar-refractivity contribution in [1.82, 2.24) is 9.62 Å². The summed E-state index contributed by atoms with van der Waals surface area (Å²) in [4.78, 5) is 11.6. The van der Waals surface area contributed by atoms with Gasteiger partial charge >= 0.3 is 0 Å². The van der Waals surface area contributed by atoms with Crippen LogP contribution >= 0.6 is 0 Å². The number of methoxy groups -OCH3 is 1. The lowest BCUT2D eigenvalue weighted by Crippen LogP contribution is -2.40. The summed E-state index contributed by atoms with van der Waals surface area (Å²) in [6.07, 6.45) is 1.75. The van der Waals surface area contributed by atoms with Gasteiger partial charge in [-0.3, -0.25) is 4.79 Å². The molecular formula is C15H23FN2O4S. The van der Waals surface area contributed by atoms with Crippen molar-refractivity contribution in [2.75, 3.05) is 26.7 Å². The fraction of sp³-hybridized carbons (Fsp3) is 0.533. The van der Waals surface area contributed by atoms with E-state index in [1.54, 1.807) is 6.92 Å². The number of nitrogens with one attached hydrogen (secondary N) is 1. The van der Waals surface area contributed by atoms with Crippen LogP contribution in [0.25, 0.3) is 0 Å². The lowest BCUT2D eigenvalue weighted by Gasteiger charge is -2.21. The van der Waals surface area contributed by atoms with E-state index in [0.29, 0.717) is 6.54 Å². The van der Waals surface area contributed by atoms with Crippen molar-refractivity contribution in [3.63, 3.8) is 0 Å². The first kappa shape index (κ1) is 19.4. The highest BCUT2D eigenvalue weighted by molar-refractivity contribution is 7.89. The zero-order valence-corrected chi connectivity index (χ0v) is 14.5. The molecule has 0 bridgehead atoms. The van der Waals surface area contributed by atoms with Gasteiger partial charge in [-0.25, -0.2) is 12.8 Å². The van der Waals surface area contributed by atoms with Crippen LogP contribution in [-0.4, -0.2) is 45.4 Å². The molecule has 0 unspecified atom stereocenters. The van der Waals surface area contributed by atoms with Gasteiger partial charge in [0.15, 0.2) is 0 Å². The predicted octanol–water partition coefficient (Wildman–Crippen LogP) is 1.76. The van der Waals surface area contributed by atoms with Gasteiger partial charge in [0, 0.05) is 13.1 Å². The Bertz CT molecular complexity index is 634. The van der Waals surface area contributed by atoms with Crippen molar-refractivity contribution in [3.05, 3.63) is 24.0 Å². The van der Waals surface area contributed by atoms with E-state index in [4.69, 9.17) is 4.74 Å². The monoisotopic (exact) mass is 346 g/mol. The molecule has 1 N–H and O–H groups in total. The van der Waals surface area contributed by atoms with Gasteiger partial charge in [-0.15, -0.1) is 0 Å². The van der Waals surface area contributed by atoms with Crippen LogP contribution in [-0.2, 0) is 14.8 Å². The number of benzene rings is 1. The molecule has 1 amide bonds. The second kappa shape index (κ2) is 8.83. The highest BCUT2D eigenvalue weighted by atomic mass is 32.2. The van der Waals surface area contributed by atoms with Gasteiger partial charge in [0.05, 0.1) is 13.7 Å². The third-order valence-corrected chi connectivity index (χ3v) is 5.21. The molecule has 0 atom stereocenters. The first-order valence-corrected chi connectivity index (χ1v) is 8.91. The molecule has 0 heterocycles. The fourth-order valence-corrected chi connectivity index (χ4v) is 3.55. The molecule has 0 spiro atoms. The van der Waals surface area contributed by atoms with Gasteiger partial charge in [0.25, 0.3) is 0 Å². The van der Waals surface area contributed by atoms with E-state index >= 15 is 0 Å². The molecule has 1 aromatic rings. The lowest BCUT2D eigenvalue weighted by atomic mass is 10.3. The number of carbonyl (C=O) groups excluding carboxylic acids is 1. The average molecular weight is 346 g/mol. The number of halogens is 1. The minimum absolute atomic E-state index is 0.0382. The molecule has 0 aliphatic rings. The smallest absolute Gasteiger partial charge is 0.247 e. The zero-order valence-electron chi connectivity index (χ0n) is 13.6. The van der Waals surface area contributed by atoms with Gasteiger partial charge in [-0.1, -0.05) is 20.3 Å². The summed E-state index contributed by atoms with van der Waals surface area (Å²) in [6, 6.07) is 3.26. The molecule has 0 aliphatic heterocycles. The third kappa shape index (κ3) is 5.18. The summed E-state index contributed by atoms with van der Waals surface area (Å²) in [5.74, 6) is -1.04. The molecule has 0 aliphatic carbocycles. The van der Waals surface area contributed by atoms with Crippen molar-refractivity contribution in [1.29, 1.82) is 0 Å². The Morgan fingerprint density at radius 3 is 2.61 bits per heavy atom. The molecule has 0 aromatic heterocycles. The third-order valence-electron chi connectivity index (χ3n) is 3.27. The van der Waals surface area contributed by atoms with Crippen LogP contribution in [0, 0.1) is 5.82 Å². The quantitative estimate of drug-likeness (QED) is 0.691. The summed E-state index contributed by atoms with van der Waals surface area (Å²) in [6.45, 7) is 3.87. The molecular weight excluding hydrogens is 323 g/mol. The summed E-state index contributed by atoms with van der Waals surface area (Å²) in [7, 11) is -2.73. The van der Waals surface area contributed by atoms with E-state index < -0.39 is 15.8 Å². The molecule has 6 nitrogen and oxygen atoms in total. The van der Waals surface area contributed by atoms with Gasteiger partial charge in [-0.05, 0) is 24.6 Å². The number of sulfonamides is 1. The Hall–Kier alpha value is -1.67. The Labute approximate surface area is 136 Å². The van der Waals surface area contributed by atoms with E-state index in [0.717, 1.165) is 29.3 Å². The molecule has 0 fully saturated rings. The van der Waals surface area contributed by atoms with Crippen LogP contribution in [0.1, 0.15) is 26.7 Å². The van der Waals surface area contributed by atoms with E-state index in [-0.39, 0.29) is 29.6 Å². The Kier molecular flexibility index (Phi) is 7.44. The van der Waals surface area contributed by atoms with Crippen LogP contribution in [0.2, 0.25) is 0 Å². The summed E-state index contributed by atoms with van der Waals surface area (Å²) in [5, 5.41) is 2.66. The summed E-state index contributed by atoms with van der Waals surface area (Å²) in [5.41, 5.74) is 0. The van der Waals surface area contributed by atoms with E-state index in [1.807, 2.05) is 6.92 Å². The van der Waals surface area contributed by atoms with Crippen molar-refractivity contribution < 1.29 is 22.3 Å².